The molecule has 0 unspecified atom stereocenters. The first-order valence-electron chi connectivity index (χ1n) is 2.95. The van der Waals surface area contributed by atoms with Gasteiger partial charge in [0.2, 0.25) is 0 Å². The summed E-state index contributed by atoms with van der Waals surface area (Å²) < 4.78 is 3.61. The maximum Gasteiger partial charge on any atom is 0.0548 e. The van der Waals surface area contributed by atoms with E-state index in [9.17, 15) is 0 Å². The molecule has 56 valence electrons. The van der Waals surface area contributed by atoms with Gasteiger partial charge in [0.1, 0.15) is 0 Å². The molecule has 2 heterocycles. The van der Waals surface area contributed by atoms with E-state index in [1.54, 1.807) is 11.3 Å². The number of thiophene rings is 1. The van der Waals surface area contributed by atoms with Crippen LogP contribution in [0.15, 0.2) is 22.2 Å². The van der Waals surface area contributed by atoms with Crippen LogP contribution in [-0.2, 0) is 0 Å². The lowest BCUT2D eigenvalue weighted by atomic mass is 10.3. The highest BCUT2D eigenvalue weighted by molar-refractivity contribution is 14.1. The minimum Gasteiger partial charge on any atom is -0.262 e. The number of nitrogens with zero attached hydrogens (tertiary/aromatic N) is 1. The van der Waals surface area contributed by atoms with Crippen molar-refractivity contribution in [3.8, 4) is 0 Å². The molecule has 2 aromatic heterocycles. The normalized spacial score (nSPS) is 10.7. The highest BCUT2D eigenvalue weighted by Crippen LogP contribution is 2.32. The van der Waals surface area contributed by atoms with Gasteiger partial charge in [-0.2, -0.15) is 0 Å². The topological polar surface area (TPSA) is 12.9 Å². The molecule has 1 nitrogen and oxygen atoms in total. The first-order valence-corrected chi connectivity index (χ1v) is 5.70. The van der Waals surface area contributed by atoms with Crippen molar-refractivity contribution in [2.45, 2.75) is 0 Å². The van der Waals surface area contributed by atoms with Crippen LogP contribution < -0.4 is 0 Å². The Balaban J connectivity index is 2.96. The predicted molar refractivity (Wildman–Crippen MR) is 60.0 cm³/mol. The summed E-state index contributed by atoms with van der Waals surface area (Å²) in [4.78, 5) is 4.11. The van der Waals surface area contributed by atoms with E-state index in [0.717, 1.165) is 0 Å². The van der Waals surface area contributed by atoms with Crippen molar-refractivity contribution in [1.29, 1.82) is 0 Å². The van der Waals surface area contributed by atoms with Crippen molar-refractivity contribution in [3.05, 3.63) is 25.8 Å². The fourth-order valence-corrected chi connectivity index (χ4v) is 3.85. The van der Waals surface area contributed by atoms with E-state index in [4.69, 9.17) is 0 Å². The van der Waals surface area contributed by atoms with Gasteiger partial charge in [-0.15, -0.1) is 11.3 Å². The van der Waals surface area contributed by atoms with Gasteiger partial charge in [-0.05, 0) is 38.5 Å². The van der Waals surface area contributed by atoms with Crippen molar-refractivity contribution in [2.24, 2.45) is 0 Å². The first kappa shape index (κ1) is 7.94. The van der Waals surface area contributed by atoms with Crippen molar-refractivity contribution >= 4 is 59.9 Å². The number of halogens is 2. The van der Waals surface area contributed by atoms with Crippen LogP contribution in [0, 0.1) is 3.57 Å². The second-order valence-corrected chi connectivity index (χ2v) is 5.01. The Bertz CT molecular complexity index is 398. The van der Waals surface area contributed by atoms with E-state index in [-0.39, 0.29) is 0 Å². The van der Waals surface area contributed by atoms with Crippen LogP contribution in [0.2, 0.25) is 0 Å². The average Bonchev–Trinajstić information content (AvgIpc) is 2.34. The summed E-state index contributed by atoms with van der Waals surface area (Å²) in [5.74, 6) is 0. The van der Waals surface area contributed by atoms with E-state index in [1.807, 2.05) is 12.4 Å². The molecule has 0 aliphatic rings. The Morgan fingerprint density at radius 1 is 1.45 bits per heavy atom. The third-order valence-corrected chi connectivity index (χ3v) is 4.06. The molecule has 0 fully saturated rings. The zero-order valence-electron chi connectivity index (χ0n) is 5.34. The molecule has 2 aromatic rings. The molecule has 4 heteroatoms. The lowest BCUT2D eigenvalue weighted by molar-refractivity contribution is 1.35. The summed E-state index contributed by atoms with van der Waals surface area (Å²) >= 11 is 7.50. The van der Waals surface area contributed by atoms with E-state index in [0.29, 0.717) is 0 Å². The number of fused-ring (bicyclic) bond motifs is 1. The standard InChI is InChI=1S/C7H3BrINS/c8-4-3-11-6-2-10-1-5(9)7(4)6/h1-3H. The molecule has 11 heavy (non-hydrogen) atoms. The van der Waals surface area contributed by atoms with Gasteiger partial charge in [0.15, 0.2) is 0 Å². The van der Waals surface area contributed by atoms with Crippen LogP contribution in [0.5, 0.6) is 0 Å². The Hall–Kier alpha value is 0.320. The third-order valence-electron chi connectivity index (χ3n) is 1.39. The zero-order valence-corrected chi connectivity index (χ0v) is 9.90. The molecule has 0 radical (unpaired) electrons. The van der Waals surface area contributed by atoms with Gasteiger partial charge >= 0.3 is 0 Å². The van der Waals surface area contributed by atoms with E-state index >= 15 is 0 Å². The maximum absolute atomic E-state index is 4.11. The third kappa shape index (κ3) is 1.31. The highest BCUT2D eigenvalue weighted by atomic mass is 127. The molecule has 0 spiro atoms. The van der Waals surface area contributed by atoms with Crippen LogP contribution in [0.3, 0.4) is 0 Å². The minimum absolute atomic E-state index is 1.17. The van der Waals surface area contributed by atoms with Crippen molar-refractivity contribution in [3.63, 3.8) is 0 Å². The van der Waals surface area contributed by atoms with E-state index < -0.39 is 0 Å². The van der Waals surface area contributed by atoms with Gasteiger partial charge in [-0.25, -0.2) is 0 Å². The molecular formula is C7H3BrINS. The molecule has 0 atom stereocenters. The number of hydrogen-bond acceptors (Lipinski definition) is 2. The number of rotatable bonds is 0. The molecule has 0 saturated carbocycles. The Morgan fingerprint density at radius 3 is 3.00 bits per heavy atom. The Labute approximate surface area is 90.1 Å². The van der Waals surface area contributed by atoms with Crippen LogP contribution in [0.25, 0.3) is 10.1 Å². The second-order valence-electron chi connectivity index (χ2n) is 2.08. The summed E-state index contributed by atoms with van der Waals surface area (Å²) in [7, 11) is 0. The molecule has 0 bridgehead atoms. The summed E-state index contributed by atoms with van der Waals surface area (Å²) in [6.45, 7) is 0. The summed E-state index contributed by atoms with van der Waals surface area (Å²) in [6.07, 6.45) is 3.77. The molecule has 0 aliphatic carbocycles. The van der Waals surface area contributed by atoms with Gasteiger partial charge < -0.3 is 0 Å². The molecule has 0 saturated heterocycles. The summed E-state index contributed by atoms with van der Waals surface area (Å²) in [5.41, 5.74) is 0. The molecular weight excluding hydrogens is 337 g/mol. The second kappa shape index (κ2) is 2.99. The van der Waals surface area contributed by atoms with Gasteiger partial charge in [0.05, 0.1) is 4.70 Å². The van der Waals surface area contributed by atoms with Gasteiger partial charge in [-0.3, -0.25) is 4.98 Å². The predicted octanol–water partition coefficient (Wildman–Crippen LogP) is 3.66. The summed E-state index contributed by atoms with van der Waals surface area (Å²) in [5, 5.41) is 3.37. The lowest BCUT2D eigenvalue weighted by Crippen LogP contribution is -1.75. The SMILES string of the molecule is Brc1csc2cncc(I)c12. The van der Waals surface area contributed by atoms with E-state index in [1.165, 1.54) is 18.1 Å². The average molecular weight is 340 g/mol. The van der Waals surface area contributed by atoms with Crippen LogP contribution >= 0.6 is 49.9 Å². The number of hydrogen-bond donors (Lipinski definition) is 0. The van der Waals surface area contributed by atoms with Gasteiger partial charge in [-0.1, -0.05) is 0 Å². The molecule has 0 amide bonds. The number of pyridine rings is 1. The van der Waals surface area contributed by atoms with Gasteiger partial charge in [0.25, 0.3) is 0 Å². The molecule has 0 aromatic carbocycles. The van der Waals surface area contributed by atoms with Crippen LogP contribution in [-0.4, -0.2) is 4.98 Å². The fourth-order valence-electron chi connectivity index (χ4n) is 0.912. The number of aromatic nitrogens is 1. The smallest absolute Gasteiger partial charge is 0.0548 e. The maximum atomic E-state index is 4.11. The lowest BCUT2D eigenvalue weighted by Gasteiger charge is -1.91. The summed E-state index contributed by atoms with van der Waals surface area (Å²) in [6, 6.07) is 0. The highest BCUT2D eigenvalue weighted by Gasteiger charge is 2.03. The van der Waals surface area contributed by atoms with Gasteiger partial charge in [0, 0.05) is 31.2 Å². The Kier molecular flexibility index (Phi) is 2.16. The van der Waals surface area contributed by atoms with Crippen molar-refractivity contribution in [2.75, 3.05) is 0 Å². The Morgan fingerprint density at radius 2 is 2.27 bits per heavy atom. The first-order chi connectivity index (χ1) is 5.29. The quantitative estimate of drug-likeness (QED) is 0.667. The fraction of sp³-hybridized carbons (Fsp3) is 0. The monoisotopic (exact) mass is 339 g/mol. The largest absolute Gasteiger partial charge is 0.262 e. The van der Waals surface area contributed by atoms with Crippen LogP contribution in [0.4, 0.5) is 0 Å². The van der Waals surface area contributed by atoms with E-state index in [2.05, 4.69) is 48.9 Å². The molecule has 0 aliphatic heterocycles. The minimum atomic E-state index is 1.17. The zero-order chi connectivity index (χ0) is 7.84. The molecule has 2 rings (SSSR count). The van der Waals surface area contributed by atoms with Crippen LogP contribution in [0.1, 0.15) is 0 Å². The molecule has 0 N–H and O–H groups in total. The van der Waals surface area contributed by atoms with Crippen molar-refractivity contribution in [1.82, 2.24) is 4.98 Å². The van der Waals surface area contributed by atoms with Crippen molar-refractivity contribution < 1.29 is 0 Å².